The topological polar surface area (TPSA) is 145 Å². The Hall–Kier alpha value is -5.02. The highest BCUT2D eigenvalue weighted by molar-refractivity contribution is 7.85. The van der Waals surface area contributed by atoms with E-state index < -0.39 is 28.6 Å². The molecular formula is C38H45FN8O5S. The van der Waals surface area contributed by atoms with Crippen LogP contribution < -0.4 is 20.3 Å². The van der Waals surface area contributed by atoms with Crippen LogP contribution >= 0.6 is 0 Å². The van der Waals surface area contributed by atoms with Crippen LogP contribution in [0.25, 0.3) is 11.3 Å². The van der Waals surface area contributed by atoms with Crippen LogP contribution in [-0.2, 0) is 26.3 Å². The van der Waals surface area contributed by atoms with Crippen molar-refractivity contribution in [3.05, 3.63) is 95.1 Å². The van der Waals surface area contributed by atoms with E-state index in [1.54, 1.807) is 6.07 Å². The van der Waals surface area contributed by atoms with Crippen molar-refractivity contribution in [3.63, 3.8) is 0 Å². The van der Waals surface area contributed by atoms with Crippen LogP contribution in [0, 0.1) is 5.82 Å². The van der Waals surface area contributed by atoms with Crippen molar-refractivity contribution in [1.29, 1.82) is 0 Å². The summed E-state index contributed by atoms with van der Waals surface area (Å²) < 4.78 is 52.8. The van der Waals surface area contributed by atoms with E-state index in [4.69, 9.17) is 14.0 Å². The SMILES string of the molecule is C[C@H]1CCCCN1c1nnc2ccc(O[C@@H]3CC[C@H](NC(=O)Nc4cc(C(C)(C)C)nn4-c4ccc(F)c(COS(C)(=O)=O)c4)c4ccccc43)cn12. The molecule has 1 saturated heterocycles. The number of nitrogens with zero attached hydrogens (tertiary/aromatic N) is 6. The van der Waals surface area contributed by atoms with E-state index >= 15 is 0 Å². The zero-order chi connectivity index (χ0) is 37.5. The molecule has 2 aromatic carbocycles. The lowest BCUT2D eigenvalue weighted by Crippen LogP contribution is -2.38. The van der Waals surface area contributed by atoms with Gasteiger partial charge in [0.1, 0.15) is 23.5 Å². The molecule has 280 valence electrons. The smallest absolute Gasteiger partial charge is 0.320 e. The summed E-state index contributed by atoms with van der Waals surface area (Å²) in [5, 5.41) is 19.7. The second-order valence-corrected chi connectivity index (χ2v) is 16.6. The number of carbonyl (C=O) groups is 1. The fourth-order valence-corrected chi connectivity index (χ4v) is 7.37. The minimum atomic E-state index is -3.79. The number of hydrogen-bond donors (Lipinski definition) is 2. The highest BCUT2D eigenvalue weighted by Crippen LogP contribution is 2.39. The molecule has 2 amide bonds. The minimum absolute atomic E-state index is 0.0328. The van der Waals surface area contributed by atoms with Gasteiger partial charge in [0.25, 0.3) is 10.1 Å². The Kier molecular flexibility index (Phi) is 9.89. The van der Waals surface area contributed by atoms with Gasteiger partial charge in [-0.15, -0.1) is 10.2 Å². The molecule has 1 fully saturated rings. The van der Waals surface area contributed by atoms with Gasteiger partial charge < -0.3 is 15.0 Å². The molecule has 0 radical (unpaired) electrons. The number of aromatic nitrogens is 5. The maximum absolute atomic E-state index is 14.6. The molecule has 2 aliphatic rings. The van der Waals surface area contributed by atoms with Gasteiger partial charge in [-0.05, 0) is 80.5 Å². The molecule has 3 aromatic heterocycles. The molecular weight excluding hydrogens is 700 g/mol. The van der Waals surface area contributed by atoms with E-state index in [1.807, 2.05) is 67.8 Å². The van der Waals surface area contributed by atoms with Crippen molar-refractivity contribution >= 4 is 33.6 Å². The van der Waals surface area contributed by atoms with Gasteiger partial charge >= 0.3 is 6.03 Å². The monoisotopic (exact) mass is 744 g/mol. The molecule has 7 rings (SSSR count). The average Bonchev–Trinajstić information content (AvgIpc) is 3.73. The van der Waals surface area contributed by atoms with Gasteiger partial charge in [0.15, 0.2) is 5.65 Å². The van der Waals surface area contributed by atoms with E-state index in [0.29, 0.717) is 41.8 Å². The molecule has 0 unspecified atom stereocenters. The number of benzene rings is 2. The van der Waals surface area contributed by atoms with Crippen LogP contribution in [0.5, 0.6) is 5.75 Å². The van der Waals surface area contributed by atoms with E-state index in [2.05, 4.69) is 32.7 Å². The summed E-state index contributed by atoms with van der Waals surface area (Å²) in [7, 11) is -3.79. The summed E-state index contributed by atoms with van der Waals surface area (Å²) >= 11 is 0. The highest BCUT2D eigenvalue weighted by atomic mass is 32.2. The first kappa shape index (κ1) is 36.3. The minimum Gasteiger partial charge on any atom is -0.484 e. The van der Waals surface area contributed by atoms with E-state index in [-0.39, 0.29) is 23.1 Å². The van der Waals surface area contributed by atoms with Gasteiger partial charge in [-0.3, -0.25) is 13.9 Å². The predicted molar refractivity (Wildman–Crippen MR) is 199 cm³/mol. The molecule has 3 atom stereocenters. The predicted octanol–water partition coefficient (Wildman–Crippen LogP) is 6.98. The summed E-state index contributed by atoms with van der Waals surface area (Å²) in [4.78, 5) is 16.0. The Bertz CT molecular complexity index is 2250. The number of nitrogens with one attached hydrogen (secondary N) is 2. The standard InChI is InChI=1S/C38H45FN8O5S/c1-24-10-8-9-19-45(24)37-43-42-34-18-14-27(22-46(34)37)52-32-17-16-31(28-11-6-7-12-29(28)32)40-36(48)41-35-21-33(38(2,3)4)44-47(35)26-13-15-30(39)25(20-26)23-51-53(5,49)50/h6-7,11-15,18,20-22,24,31-32H,8-10,16-17,19,23H2,1-5H3,(H2,40,41,48)/t24-,31-,32+/m0/s1. The zero-order valence-electron chi connectivity index (χ0n) is 30.5. The van der Waals surface area contributed by atoms with Crippen molar-refractivity contribution in [3.8, 4) is 11.4 Å². The number of anilines is 2. The summed E-state index contributed by atoms with van der Waals surface area (Å²) in [6, 6.07) is 17.4. The Labute approximate surface area is 308 Å². The number of pyridine rings is 1. The molecule has 15 heteroatoms. The normalized spacial score (nSPS) is 19.2. The molecule has 5 aromatic rings. The Morgan fingerprint density at radius 2 is 1.79 bits per heavy atom. The number of fused-ring (bicyclic) bond motifs is 2. The second-order valence-electron chi connectivity index (χ2n) is 14.9. The quantitative estimate of drug-likeness (QED) is 0.153. The molecule has 0 spiro atoms. The third-order valence-electron chi connectivity index (χ3n) is 9.86. The van der Waals surface area contributed by atoms with Crippen molar-refractivity contribution in [2.75, 3.05) is 23.0 Å². The fourth-order valence-electron chi connectivity index (χ4n) is 7.03. The maximum atomic E-state index is 14.6. The molecule has 1 aliphatic carbocycles. The number of halogens is 1. The lowest BCUT2D eigenvalue weighted by atomic mass is 9.85. The van der Waals surface area contributed by atoms with Crippen LogP contribution in [0.4, 0.5) is 21.0 Å². The van der Waals surface area contributed by atoms with Crippen LogP contribution in [0.3, 0.4) is 0 Å². The van der Waals surface area contributed by atoms with Crippen molar-refractivity contribution < 1.29 is 26.5 Å². The lowest BCUT2D eigenvalue weighted by molar-refractivity contribution is 0.171. The molecule has 53 heavy (non-hydrogen) atoms. The summed E-state index contributed by atoms with van der Waals surface area (Å²) in [5.41, 5.74) is 3.50. The Morgan fingerprint density at radius 3 is 2.55 bits per heavy atom. The highest BCUT2D eigenvalue weighted by Gasteiger charge is 2.31. The third kappa shape index (κ3) is 8.00. The fraction of sp³-hybridized carbons (Fsp3) is 0.421. The molecule has 4 heterocycles. The Balaban J connectivity index is 1.09. The summed E-state index contributed by atoms with van der Waals surface area (Å²) in [6.07, 6.45) is 7.41. The van der Waals surface area contributed by atoms with Gasteiger partial charge in [-0.2, -0.15) is 13.5 Å². The number of amides is 2. The molecule has 13 nitrogen and oxygen atoms in total. The Morgan fingerprint density at radius 1 is 1.00 bits per heavy atom. The van der Waals surface area contributed by atoms with Crippen LogP contribution in [0.1, 0.15) is 94.3 Å². The molecule has 0 saturated carbocycles. The van der Waals surface area contributed by atoms with Crippen LogP contribution in [0.15, 0.2) is 66.9 Å². The number of piperidine rings is 1. The van der Waals surface area contributed by atoms with E-state index in [1.165, 1.54) is 29.3 Å². The van der Waals surface area contributed by atoms with Gasteiger partial charge in [-0.1, -0.05) is 45.0 Å². The second kappa shape index (κ2) is 14.4. The molecule has 2 N–H and O–H groups in total. The summed E-state index contributed by atoms with van der Waals surface area (Å²) in [5.74, 6) is 1.28. The number of rotatable bonds is 9. The van der Waals surface area contributed by atoms with Crippen molar-refractivity contribution in [2.24, 2.45) is 0 Å². The van der Waals surface area contributed by atoms with Gasteiger partial charge in [0, 0.05) is 29.6 Å². The summed E-state index contributed by atoms with van der Waals surface area (Å²) in [6.45, 7) is 8.68. The average molecular weight is 745 g/mol. The van der Waals surface area contributed by atoms with Gasteiger partial charge in [-0.25, -0.2) is 13.9 Å². The van der Waals surface area contributed by atoms with Crippen molar-refractivity contribution in [1.82, 2.24) is 29.7 Å². The number of carbonyl (C=O) groups excluding carboxylic acids is 1. The van der Waals surface area contributed by atoms with Gasteiger partial charge in [0.2, 0.25) is 5.95 Å². The van der Waals surface area contributed by atoms with Crippen LogP contribution in [0.2, 0.25) is 0 Å². The van der Waals surface area contributed by atoms with E-state index in [9.17, 15) is 17.6 Å². The first-order valence-corrected chi connectivity index (χ1v) is 19.7. The first-order chi connectivity index (χ1) is 25.2. The third-order valence-corrected chi connectivity index (χ3v) is 10.4. The van der Waals surface area contributed by atoms with Crippen LogP contribution in [-0.4, -0.2) is 57.7 Å². The lowest BCUT2D eigenvalue weighted by Gasteiger charge is -2.33. The number of urea groups is 1. The first-order valence-electron chi connectivity index (χ1n) is 17.9. The van der Waals surface area contributed by atoms with E-state index in [0.717, 1.165) is 48.4 Å². The zero-order valence-corrected chi connectivity index (χ0v) is 31.4. The molecule has 0 bridgehead atoms. The number of ether oxygens (including phenoxy) is 1. The largest absolute Gasteiger partial charge is 0.484 e. The maximum Gasteiger partial charge on any atom is 0.320 e. The molecule has 1 aliphatic heterocycles. The van der Waals surface area contributed by atoms with Gasteiger partial charge in [0.05, 0.1) is 36.5 Å². The van der Waals surface area contributed by atoms with Crippen molar-refractivity contribution in [2.45, 2.75) is 90.0 Å². The number of hydrogen-bond acceptors (Lipinski definition) is 9.